The molecule has 1 aromatic rings. The summed E-state index contributed by atoms with van der Waals surface area (Å²) in [6, 6.07) is 9.36. The van der Waals surface area contributed by atoms with Crippen LogP contribution in [0, 0.1) is 0 Å². The van der Waals surface area contributed by atoms with Gasteiger partial charge in [0.25, 0.3) is 0 Å². The van der Waals surface area contributed by atoms with Crippen LogP contribution in [0.15, 0.2) is 30.3 Å². The minimum atomic E-state index is -0.948. The van der Waals surface area contributed by atoms with E-state index in [0.29, 0.717) is 19.6 Å². The number of aliphatic hydroxyl groups is 1. The van der Waals surface area contributed by atoms with Crippen molar-refractivity contribution in [3.8, 4) is 5.75 Å². The quantitative estimate of drug-likeness (QED) is 0.818. The molecule has 1 aliphatic rings. The van der Waals surface area contributed by atoms with Gasteiger partial charge in [-0.3, -0.25) is 4.79 Å². The lowest BCUT2D eigenvalue weighted by Crippen LogP contribution is -2.47. The maximum atomic E-state index is 11.7. The number of amides is 1. The highest BCUT2D eigenvalue weighted by Crippen LogP contribution is 2.24. The van der Waals surface area contributed by atoms with Gasteiger partial charge < -0.3 is 19.9 Å². The summed E-state index contributed by atoms with van der Waals surface area (Å²) < 4.78 is 10.8. The Hall–Kier alpha value is -1.59. The Morgan fingerprint density at radius 1 is 1.50 bits per heavy atom. The third kappa shape index (κ3) is 3.95. The van der Waals surface area contributed by atoms with E-state index in [1.54, 1.807) is 0 Å². The van der Waals surface area contributed by atoms with Gasteiger partial charge in [0.2, 0.25) is 5.91 Å². The number of para-hydroxylation sites is 1. The number of carbonyl (C=O) groups is 1. The predicted octanol–water partition coefficient (Wildman–Crippen LogP) is 1.11. The lowest BCUT2D eigenvalue weighted by molar-refractivity contribution is -0.123. The van der Waals surface area contributed by atoms with Crippen LogP contribution < -0.4 is 10.1 Å². The Balaban J connectivity index is 1.66. The number of hydrogen-bond donors (Lipinski definition) is 2. The Bertz CT molecular complexity index is 437. The zero-order valence-corrected chi connectivity index (χ0v) is 11.7. The van der Waals surface area contributed by atoms with Gasteiger partial charge in [-0.15, -0.1) is 0 Å². The molecule has 2 atom stereocenters. The summed E-state index contributed by atoms with van der Waals surface area (Å²) in [5.41, 5.74) is -0.948. The lowest BCUT2D eigenvalue weighted by Gasteiger charge is -2.26. The molecule has 5 nitrogen and oxygen atoms in total. The molecule has 1 amide bonds. The molecule has 0 saturated carbocycles. The van der Waals surface area contributed by atoms with Crippen LogP contribution in [0.2, 0.25) is 0 Å². The van der Waals surface area contributed by atoms with Crippen molar-refractivity contribution in [1.29, 1.82) is 0 Å². The molecule has 2 N–H and O–H groups in total. The zero-order valence-electron chi connectivity index (χ0n) is 11.7. The Morgan fingerprint density at radius 2 is 2.25 bits per heavy atom. The topological polar surface area (TPSA) is 67.8 Å². The fourth-order valence-corrected chi connectivity index (χ4v) is 2.12. The molecule has 1 fully saturated rings. The number of benzene rings is 1. The first-order valence-corrected chi connectivity index (χ1v) is 6.89. The summed E-state index contributed by atoms with van der Waals surface area (Å²) in [6.45, 7) is 2.89. The van der Waals surface area contributed by atoms with E-state index in [1.165, 1.54) is 0 Å². The van der Waals surface area contributed by atoms with Crippen molar-refractivity contribution in [2.75, 3.05) is 19.8 Å². The monoisotopic (exact) mass is 279 g/mol. The molecule has 0 aromatic heterocycles. The second-order valence-electron chi connectivity index (χ2n) is 5.05. The van der Waals surface area contributed by atoms with E-state index in [4.69, 9.17) is 9.47 Å². The van der Waals surface area contributed by atoms with Crippen LogP contribution in [0.3, 0.4) is 0 Å². The Kier molecular flexibility index (Phi) is 4.98. The van der Waals surface area contributed by atoms with Crippen molar-refractivity contribution in [3.05, 3.63) is 30.3 Å². The van der Waals surface area contributed by atoms with E-state index in [0.717, 1.165) is 5.75 Å². The molecule has 0 aliphatic carbocycles. The van der Waals surface area contributed by atoms with E-state index in [1.807, 2.05) is 37.3 Å². The summed E-state index contributed by atoms with van der Waals surface area (Å²) >= 11 is 0. The molecule has 0 radical (unpaired) electrons. The van der Waals surface area contributed by atoms with Gasteiger partial charge in [0.15, 0.2) is 0 Å². The fraction of sp³-hybridized carbons (Fsp3) is 0.533. The highest BCUT2D eigenvalue weighted by molar-refractivity contribution is 5.76. The maximum Gasteiger partial charge on any atom is 0.223 e. The van der Waals surface area contributed by atoms with Gasteiger partial charge in [0, 0.05) is 19.6 Å². The van der Waals surface area contributed by atoms with Gasteiger partial charge in [0.1, 0.15) is 11.4 Å². The van der Waals surface area contributed by atoms with Crippen molar-refractivity contribution >= 4 is 5.91 Å². The first kappa shape index (κ1) is 14.8. The van der Waals surface area contributed by atoms with E-state index >= 15 is 0 Å². The normalized spacial score (nSPS) is 25.4. The van der Waals surface area contributed by atoms with E-state index in [9.17, 15) is 9.90 Å². The molecule has 20 heavy (non-hydrogen) atoms. The third-order valence-corrected chi connectivity index (χ3v) is 3.59. The van der Waals surface area contributed by atoms with Crippen LogP contribution in [0.25, 0.3) is 0 Å². The van der Waals surface area contributed by atoms with Gasteiger partial charge in [0.05, 0.1) is 19.1 Å². The highest BCUT2D eigenvalue weighted by Gasteiger charge is 2.39. The second-order valence-corrected chi connectivity index (χ2v) is 5.05. The molecule has 0 bridgehead atoms. The van der Waals surface area contributed by atoms with Crippen LogP contribution in [0.1, 0.15) is 19.8 Å². The standard InChI is InChI=1S/C15H21NO4/c1-12-15(18,8-10-19-12)11-16-14(17)7-9-20-13-5-3-2-4-6-13/h2-6,12,18H,7-11H2,1H3,(H,16,17). The maximum absolute atomic E-state index is 11.7. The second kappa shape index (κ2) is 6.72. The minimum absolute atomic E-state index is 0.131. The van der Waals surface area contributed by atoms with Gasteiger partial charge >= 0.3 is 0 Å². The minimum Gasteiger partial charge on any atom is -0.493 e. The Morgan fingerprint density at radius 3 is 2.90 bits per heavy atom. The van der Waals surface area contributed by atoms with Crippen LogP contribution in [0.4, 0.5) is 0 Å². The van der Waals surface area contributed by atoms with Gasteiger partial charge in [-0.2, -0.15) is 0 Å². The summed E-state index contributed by atoms with van der Waals surface area (Å²) in [5, 5.41) is 13.0. The molecule has 1 heterocycles. The molecule has 1 saturated heterocycles. The van der Waals surface area contributed by atoms with Gasteiger partial charge in [-0.05, 0) is 19.1 Å². The zero-order chi connectivity index (χ0) is 14.4. The number of rotatable bonds is 6. The molecular formula is C15H21NO4. The van der Waals surface area contributed by atoms with Crippen molar-refractivity contribution in [1.82, 2.24) is 5.32 Å². The average molecular weight is 279 g/mol. The summed E-state index contributed by atoms with van der Waals surface area (Å²) in [7, 11) is 0. The molecule has 1 aromatic carbocycles. The van der Waals surface area contributed by atoms with Crippen LogP contribution in [-0.4, -0.2) is 42.5 Å². The van der Waals surface area contributed by atoms with E-state index in [2.05, 4.69) is 5.32 Å². The molecule has 2 rings (SSSR count). The number of hydrogen-bond acceptors (Lipinski definition) is 4. The van der Waals surface area contributed by atoms with E-state index in [-0.39, 0.29) is 25.0 Å². The molecule has 5 heteroatoms. The van der Waals surface area contributed by atoms with Crippen LogP contribution in [0.5, 0.6) is 5.75 Å². The molecule has 1 aliphatic heterocycles. The average Bonchev–Trinajstić information content (AvgIpc) is 2.78. The van der Waals surface area contributed by atoms with E-state index < -0.39 is 5.60 Å². The summed E-state index contributed by atoms with van der Waals surface area (Å²) in [6.07, 6.45) is 0.568. The first-order chi connectivity index (χ1) is 9.60. The molecule has 2 unspecified atom stereocenters. The third-order valence-electron chi connectivity index (χ3n) is 3.59. The Labute approximate surface area is 118 Å². The first-order valence-electron chi connectivity index (χ1n) is 6.89. The van der Waals surface area contributed by atoms with Crippen LogP contribution >= 0.6 is 0 Å². The van der Waals surface area contributed by atoms with Crippen molar-refractivity contribution in [2.24, 2.45) is 0 Å². The molecule has 0 spiro atoms. The SMILES string of the molecule is CC1OCCC1(O)CNC(=O)CCOc1ccccc1. The van der Waals surface area contributed by atoms with Crippen molar-refractivity contribution < 1.29 is 19.4 Å². The largest absolute Gasteiger partial charge is 0.493 e. The summed E-state index contributed by atoms with van der Waals surface area (Å²) in [5.74, 6) is 0.616. The van der Waals surface area contributed by atoms with Gasteiger partial charge in [-0.25, -0.2) is 0 Å². The van der Waals surface area contributed by atoms with Crippen LogP contribution in [-0.2, 0) is 9.53 Å². The lowest BCUT2D eigenvalue weighted by atomic mass is 9.97. The number of ether oxygens (including phenoxy) is 2. The predicted molar refractivity (Wildman–Crippen MR) is 74.5 cm³/mol. The smallest absolute Gasteiger partial charge is 0.223 e. The number of carbonyl (C=O) groups excluding carboxylic acids is 1. The van der Waals surface area contributed by atoms with Crippen molar-refractivity contribution in [3.63, 3.8) is 0 Å². The fourth-order valence-electron chi connectivity index (χ4n) is 2.12. The van der Waals surface area contributed by atoms with Gasteiger partial charge in [-0.1, -0.05) is 18.2 Å². The van der Waals surface area contributed by atoms with Crippen molar-refractivity contribution in [2.45, 2.75) is 31.5 Å². The number of nitrogens with one attached hydrogen (secondary N) is 1. The molecular weight excluding hydrogens is 258 g/mol. The molecule has 110 valence electrons. The highest BCUT2D eigenvalue weighted by atomic mass is 16.5. The summed E-state index contributed by atoms with van der Waals surface area (Å²) in [4.78, 5) is 11.7.